The Morgan fingerprint density at radius 1 is 0.968 bits per heavy atom. The zero-order valence-electron chi connectivity index (χ0n) is 17.4. The highest BCUT2D eigenvalue weighted by Crippen LogP contribution is 2.37. The predicted molar refractivity (Wildman–Crippen MR) is 125 cm³/mol. The van der Waals surface area contributed by atoms with Gasteiger partial charge in [0.25, 0.3) is 0 Å². The molecule has 0 aliphatic rings. The van der Waals surface area contributed by atoms with Crippen LogP contribution >= 0.6 is 27.5 Å². The minimum atomic E-state index is -0.402. The molecular weight excluding hydrogens is 485 g/mol. The van der Waals surface area contributed by atoms with E-state index in [9.17, 15) is 4.39 Å². The van der Waals surface area contributed by atoms with Crippen LogP contribution in [0.25, 0.3) is 0 Å². The van der Waals surface area contributed by atoms with E-state index in [0.29, 0.717) is 28.6 Å². The van der Waals surface area contributed by atoms with Gasteiger partial charge in [-0.05, 0) is 54.9 Å². The molecule has 0 aromatic heterocycles. The number of hydrogen-bond acceptors (Lipinski definition) is 4. The number of rotatable bonds is 10. The second-order valence-corrected chi connectivity index (χ2v) is 8.08. The van der Waals surface area contributed by atoms with Gasteiger partial charge in [0.2, 0.25) is 0 Å². The summed E-state index contributed by atoms with van der Waals surface area (Å²) in [5.74, 6) is 1.56. The minimum absolute atomic E-state index is 0.00281. The molecule has 164 valence electrons. The van der Waals surface area contributed by atoms with E-state index in [4.69, 9.17) is 25.8 Å². The molecule has 0 amide bonds. The molecule has 0 aliphatic heterocycles. The van der Waals surface area contributed by atoms with Crippen LogP contribution in [0.5, 0.6) is 17.2 Å². The molecule has 0 fully saturated rings. The van der Waals surface area contributed by atoms with Crippen molar-refractivity contribution in [2.24, 2.45) is 0 Å². The van der Waals surface area contributed by atoms with Crippen LogP contribution in [-0.2, 0) is 19.6 Å². The zero-order chi connectivity index (χ0) is 22.2. The van der Waals surface area contributed by atoms with Crippen molar-refractivity contribution in [2.45, 2.75) is 19.6 Å². The summed E-state index contributed by atoms with van der Waals surface area (Å²) < 4.78 is 31.7. The largest absolute Gasteiger partial charge is 0.497 e. The van der Waals surface area contributed by atoms with Crippen molar-refractivity contribution in [2.75, 3.05) is 20.8 Å². The smallest absolute Gasteiger partial charge is 0.167 e. The van der Waals surface area contributed by atoms with E-state index in [1.54, 1.807) is 26.4 Å². The molecule has 31 heavy (non-hydrogen) atoms. The first-order valence-corrected chi connectivity index (χ1v) is 10.9. The van der Waals surface area contributed by atoms with Gasteiger partial charge in [0, 0.05) is 22.1 Å². The maximum atomic E-state index is 14.1. The van der Waals surface area contributed by atoms with Gasteiger partial charge in [0.15, 0.2) is 11.5 Å². The van der Waals surface area contributed by atoms with Crippen LogP contribution in [0.1, 0.15) is 16.7 Å². The first-order valence-electron chi connectivity index (χ1n) is 9.78. The monoisotopic (exact) mass is 507 g/mol. The summed E-state index contributed by atoms with van der Waals surface area (Å²) in [7, 11) is 3.23. The van der Waals surface area contributed by atoms with Crippen molar-refractivity contribution in [1.29, 1.82) is 0 Å². The van der Waals surface area contributed by atoms with Crippen LogP contribution in [0.4, 0.5) is 4.39 Å². The first kappa shape index (κ1) is 23.4. The summed E-state index contributed by atoms with van der Waals surface area (Å²) >= 11 is 9.73. The fourth-order valence-electron chi connectivity index (χ4n) is 3.12. The summed E-state index contributed by atoms with van der Waals surface area (Å²) in [5.41, 5.74) is 2.41. The Balaban J connectivity index is 1.69. The van der Waals surface area contributed by atoms with Gasteiger partial charge >= 0.3 is 0 Å². The van der Waals surface area contributed by atoms with E-state index in [0.717, 1.165) is 28.8 Å². The Kier molecular flexibility index (Phi) is 8.58. The van der Waals surface area contributed by atoms with Crippen LogP contribution in [0.3, 0.4) is 0 Å². The third kappa shape index (κ3) is 6.12. The lowest BCUT2D eigenvalue weighted by molar-refractivity contribution is 0.276. The van der Waals surface area contributed by atoms with Crippen molar-refractivity contribution >= 4 is 27.5 Å². The van der Waals surface area contributed by atoms with Crippen molar-refractivity contribution in [3.05, 3.63) is 86.6 Å². The van der Waals surface area contributed by atoms with Gasteiger partial charge in [-0.2, -0.15) is 0 Å². The van der Waals surface area contributed by atoms with Crippen molar-refractivity contribution < 1.29 is 18.6 Å². The Morgan fingerprint density at radius 3 is 2.42 bits per heavy atom. The van der Waals surface area contributed by atoms with Crippen LogP contribution in [0.2, 0.25) is 5.02 Å². The van der Waals surface area contributed by atoms with Crippen LogP contribution < -0.4 is 19.5 Å². The molecule has 0 atom stereocenters. The first-order chi connectivity index (χ1) is 15.0. The number of nitrogens with one attached hydrogen (secondary N) is 1. The summed E-state index contributed by atoms with van der Waals surface area (Å²) in [6.07, 6.45) is 0.868. The highest BCUT2D eigenvalue weighted by Gasteiger charge is 2.16. The molecule has 0 saturated heterocycles. The third-order valence-electron chi connectivity index (χ3n) is 4.86. The lowest BCUT2D eigenvalue weighted by Crippen LogP contribution is -2.18. The molecule has 0 spiro atoms. The molecule has 3 aromatic carbocycles. The Labute approximate surface area is 195 Å². The van der Waals surface area contributed by atoms with Gasteiger partial charge in [0.1, 0.15) is 18.2 Å². The maximum Gasteiger partial charge on any atom is 0.167 e. The second-order valence-electron chi connectivity index (χ2n) is 6.82. The number of methoxy groups -OCH3 is 2. The zero-order valence-corrected chi connectivity index (χ0v) is 19.7. The van der Waals surface area contributed by atoms with Crippen LogP contribution in [0, 0.1) is 5.82 Å². The molecule has 0 radical (unpaired) electrons. The van der Waals surface area contributed by atoms with Gasteiger partial charge < -0.3 is 19.5 Å². The van der Waals surface area contributed by atoms with Crippen LogP contribution in [0.15, 0.2) is 59.1 Å². The lowest BCUT2D eigenvalue weighted by atomic mass is 10.1. The number of halogens is 3. The van der Waals surface area contributed by atoms with Crippen LogP contribution in [-0.4, -0.2) is 20.8 Å². The maximum absolute atomic E-state index is 14.1. The topological polar surface area (TPSA) is 39.7 Å². The number of ether oxygens (including phenoxy) is 3. The Morgan fingerprint density at radius 2 is 1.74 bits per heavy atom. The average Bonchev–Trinajstić information content (AvgIpc) is 2.78. The van der Waals surface area contributed by atoms with E-state index < -0.39 is 5.82 Å². The SMILES string of the molecule is COc1ccc(CCNCc2c(Br)ccc(OC)c2OCc2c(F)cccc2Cl)cc1. The normalized spacial score (nSPS) is 10.7. The summed E-state index contributed by atoms with van der Waals surface area (Å²) in [6, 6.07) is 16.3. The van der Waals surface area contributed by atoms with Gasteiger partial charge in [0.05, 0.1) is 19.2 Å². The molecule has 0 aliphatic carbocycles. The molecule has 1 N–H and O–H groups in total. The molecular formula is C24H24BrClFNO3. The van der Waals surface area contributed by atoms with Gasteiger partial charge in [-0.1, -0.05) is 45.7 Å². The Hall–Kier alpha value is -2.28. The minimum Gasteiger partial charge on any atom is -0.497 e. The molecule has 0 unspecified atom stereocenters. The molecule has 3 rings (SSSR count). The summed E-state index contributed by atoms with van der Waals surface area (Å²) in [4.78, 5) is 0. The highest BCUT2D eigenvalue weighted by molar-refractivity contribution is 9.10. The quantitative estimate of drug-likeness (QED) is 0.333. The number of hydrogen-bond donors (Lipinski definition) is 1. The van der Waals surface area contributed by atoms with E-state index in [1.165, 1.54) is 11.6 Å². The average molecular weight is 509 g/mol. The van der Waals surface area contributed by atoms with Gasteiger partial charge in [-0.25, -0.2) is 4.39 Å². The van der Waals surface area contributed by atoms with Crippen molar-refractivity contribution in [3.8, 4) is 17.2 Å². The molecule has 0 bridgehead atoms. The summed E-state index contributed by atoms with van der Waals surface area (Å²) in [5, 5.41) is 3.76. The second kappa shape index (κ2) is 11.4. The predicted octanol–water partition coefficient (Wildman–Crippen LogP) is 6.17. The van der Waals surface area contributed by atoms with E-state index in [1.807, 2.05) is 24.3 Å². The van der Waals surface area contributed by atoms with E-state index in [-0.39, 0.29) is 6.61 Å². The van der Waals surface area contributed by atoms with E-state index >= 15 is 0 Å². The molecule has 7 heteroatoms. The highest BCUT2D eigenvalue weighted by atomic mass is 79.9. The lowest BCUT2D eigenvalue weighted by Gasteiger charge is -2.18. The molecule has 3 aromatic rings. The van der Waals surface area contributed by atoms with Crippen molar-refractivity contribution in [1.82, 2.24) is 5.32 Å². The standard InChI is InChI=1S/C24H24BrClFNO3/c1-29-17-8-6-16(7-9-17)12-13-28-14-18-20(25)10-11-23(30-2)24(18)31-15-19-21(26)4-3-5-22(19)27/h3-11,28H,12-15H2,1-2H3. The fourth-order valence-corrected chi connectivity index (χ4v) is 3.79. The number of benzene rings is 3. The van der Waals surface area contributed by atoms with E-state index in [2.05, 4.69) is 33.4 Å². The van der Waals surface area contributed by atoms with Crippen molar-refractivity contribution in [3.63, 3.8) is 0 Å². The Bertz CT molecular complexity index is 994. The summed E-state index contributed by atoms with van der Waals surface area (Å²) in [6.45, 7) is 1.32. The molecule has 4 nitrogen and oxygen atoms in total. The molecule has 0 heterocycles. The van der Waals surface area contributed by atoms with Gasteiger partial charge in [-0.15, -0.1) is 0 Å². The molecule has 0 saturated carbocycles. The third-order valence-corrected chi connectivity index (χ3v) is 5.96. The van der Waals surface area contributed by atoms with Gasteiger partial charge in [-0.3, -0.25) is 0 Å². The fraction of sp³-hybridized carbons (Fsp3) is 0.250.